The first kappa shape index (κ1) is 15.9. The predicted octanol–water partition coefficient (Wildman–Crippen LogP) is 3.69. The van der Waals surface area contributed by atoms with Crippen molar-refractivity contribution in [3.8, 4) is 0 Å². The van der Waals surface area contributed by atoms with E-state index in [0.29, 0.717) is 13.0 Å². The van der Waals surface area contributed by atoms with Gasteiger partial charge in [0.15, 0.2) is 0 Å². The summed E-state index contributed by atoms with van der Waals surface area (Å²) >= 11 is 0. The molecule has 0 aliphatic carbocycles. The van der Waals surface area contributed by atoms with Crippen LogP contribution >= 0.6 is 0 Å². The van der Waals surface area contributed by atoms with Crippen molar-refractivity contribution in [3.63, 3.8) is 0 Å². The van der Waals surface area contributed by atoms with Gasteiger partial charge < -0.3 is 11.1 Å². The number of anilines is 1. The van der Waals surface area contributed by atoms with Crippen molar-refractivity contribution >= 4 is 34.6 Å². The number of nitrogens with two attached hydrogens (primary N) is 1. The highest BCUT2D eigenvalue weighted by molar-refractivity contribution is 5.91. The molecular formula is C20H19N3O. The topological polar surface area (TPSA) is 68.0 Å². The van der Waals surface area contributed by atoms with Gasteiger partial charge >= 0.3 is 0 Å². The largest absolute Gasteiger partial charge is 0.330 e. The third-order valence-corrected chi connectivity index (χ3v) is 3.63. The lowest BCUT2D eigenvalue weighted by molar-refractivity contribution is -0.116. The second kappa shape index (κ2) is 7.53. The number of nitrogens with zero attached hydrogens (tertiary/aromatic N) is 1. The molecule has 4 heteroatoms. The average Bonchev–Trinajstić information content (AvgIpc) is 2.61. The molecule has 0 saturated heterocycles. The summed E-state index contributed by atoms with van der Waals surface area (Å²) in [6, 6.07) is 19.8. The second-order valence-corrected chi connectivity index (χ2v) is 5.47. The molecule has 3 N–H and O–H groups in total. The Morgan fingerprint density at radius 1 is 1.00 bits per heavy atom. The zero-order chi connectivity index (χ0) is 16.8. The molecule has 4 nitrogen and oxygen atoms in total. The van der Waals surface area contributed by atoms with Gasteiger partial charge in [-0.2, -0.15) is 0 Å². The molecule has 1 heterocycles. The van der Waals surface area contributed by atoms with E-state index in [1.807, 2.05) is 66.7 Å². The zero-order valence-electron chi connectivity index (χ0n) is 13.3. The van der Waals surface area contributed by atoms with E-state index in [1.165, 1.54) is 0 Å². The van der Waals surface area contributed by atoms with Crippen molar-refractivity contribution in [1.29, 1.82) is 0 Å². The molecule has 1 aromatic heterocycles. The summed E-state index contributed by atoms with van der Waals surface area (Å²) in [6.07, 6.45) is 4.31. The van der Waals surface area contributed by atoms with Crippen molar-refractivity contribution in [2.24, 2.45) is 5.73 Å². The van der Waals surface area contributed by atoms with E-state index in [1.54, 1.807) is 0 Å². The number of pyridine rings is 1. The Labute approximate surface area is 141 Å². The molecular weight excluding hydrogens is 298 g/mol. The van der Waals surface area contributed by atoms with Crippen molar-refractivity contribution in [2.45, 2.75) is 6.42 Å². The van der Waals surface area contributed by atoms with Crippen molar-refractivity contribution < 1.29 is 4.79 Å². The average molecular weight is 317 g/mol. The molecule has 0 atom stereocenters. The fraction of sp³-hybridized carbons (Fsp3) is 0.100. The molecule has 2 aromatic carbocycles. The number of carbonyl (C=O) groups is 1. The minimum Gasteiger partial charge on any atom is -0.330 e. The zero-order valence-corrected chi connectivity index (χ0v) is 13.3. The highest BCUT2D eigenvalue weighted by Gasteiger charge is 2.00. The van der Waals surface area contributed by atoms with Crippen LogP contribution < -0.4 is 11.1 Å². The van der Waals surface area contributed by atoms with Gasteiger partial charge in [-0.1, -0.05) is 42.5 Å². The van der Waals surface area contributed by atoms with Gasteiger partial charge in [0.05, 0.1) is 11.2 Å². The Morgan fingerprint density at radius 2 is 1.79 bits per heavy atom. The number of para-hydroxylation sites is 1. The lowest BCUT2D eigenvalue weighted by Crippen LogP contribution is -2.15. The third kappa shape index (κ3) is 4.06. The summed E-state index contributed by atoms with van der Waals surface area (Å²) in [4.78, 5) is 16.1. The number of hydrogen-bond acceptors (Lipinski definition) is 3. The van der Waals surface area contributed by atoms with Gasteiger partial charge in [0.2, 0.25) is 5.91 Å². The van der Waals surface area contributed by atoms with Crippen LogP contribution in [0.3, 0.4) is 0 Å². The smallest absolute Gasteiger partial charge is 0.225 e. The number of hydrogen-bond donors (Lipinski definition) is 2. The van der Waals surface area contributed by atoms with Crippen LogP contribution in [0.5, 0.6) is 0 Å². The summed E-state index contributed by atoms with van der Waals surface area (Å²) in [5.74, 6) is -0.0684. The van der Waals surface area contributed by atoms with Crippen LogP contribution in [0.4, 0.5) is 5.69 Å². The quantitative estimate of drug-likeness (QED) is 0.754. The Hall–Kier alpha value is -2.98. The van der Waals surface area contributed by atoms with E-state index in [9.17, 15) is 4.79 Å². The van der Waals surface area contributed by atoms with Crippen LogP contribution in [-0.4, -0.2) is 17.4 Å². The predicted molar refractivity (Wildman–Crippen MR) is 99.4 cm³/mol. The van der Waals surface area contributed by atoms with Crippen molar-refractivity contribution in [2.75, 3.05) is 11.9 Å². The van der Waals surface area contributed by atoms with Gasteiger partial charge in [-0.3, -0.25) is 4.79 Å². The molecule has 0 aliphatic rings. The number of aromatic nitrogens is 1. The molecule has 0 unspecified atom stereocenters. The second-order valence-electron chi connectivity index (χ2n) is 5.47. The summed E-state index contributed by atoms with van der Waals surface area (Å²) in [7, 11) is 0. The monoisotopic (exact) mass is 317 g/mol. The molecule has 1 amide bonds. The van der Waals surface area contributed by atoms with Crippen molar-refractivity contribution in [1.82, 2.24) is 4.98 Å². The van der Waals surface area contributed by atoms with Crippen LogP contribution in [0.2, 0.25) is 0 Å². The van der Waals surface area contributed by atoms with E-state index in [4.69, 9.17) is 5.73 Å². The maximum atomic E-state index is 11.5. The third-order valence-electron chi connectivity index (χ3n) is 3.63. The molecule has 120 valence electrons. The van der Waals surface area contributed by atoms with Crippen LogP contribution in [0.1, 0.15) is 17.7 Å². The molecule has 0 bridgehead atoms. The van der Waals surface area contributed by atoms with Crippen LogP contribution in [-0.2, 0) is 4.79 Å². The maximum Gasteiger partial charge on any atom is 0.225 e. The van der Waals surface area contributed by atoms with Crippen LogP contribution in [0.15, 0.2) is 60.7 Å². The van der Waals surface area contributed by atoms with Gasteiger partial charge in [0, 0.05) is 24.0 Å². The highest BCUT2D eigenvalue weighted by Crippen LogP contribution is 2.15. The van der Waals surface area contributed by atoms with Gasteiger partial charge in [-0.15, -0.1) is 0 Å². The number of benzene rings is 2. The fourth-order valence-electron chi connectivity index (χ4n) is 2.39. The normalized spacial score (nSPS) is 11.0. The first-order valence-corrected chi connectivity index (χ1v) is 7.88. The molecule has 0 aliphatic heterocycles. The minimum atomic E-state index is -0.0684. The fourth-order valence-corrected chi connectivity index (χ4v) is 2.39. The first-order valence-electron chi connectivity index (χ1n) is 7.88. The molecule has 3 rings (SSSR count). The van der Waals surface area contributed by atoms with E-state index in [2.05, 4.69) is 16.4 Å². The number of rotatable bonds is 5. The highest BCUT2D eigenvalue weighted by atomic mass is 16.1. The number of nitrogens with one attached hydrogen (secondary N) is 1. The SMILES string of the molecule is NCCC(=O)Nc1ccc(/C=C/c2ccc3ccccc3n2)cc1. The summed E-state index contributed by atoms with van der Waals surface area (Å²) < 4.78 is 0. The van der Waals surface area contributed by atoms with Crippen LogP contribution in [0, 0.1) is 0 Å². The molecule has 0 radical (unpaired) electrons. The maximum absolute atomic E-state index is 11.5. The van der Waals surface area contributed by atoms with E-state index in [-0.39, 0.29) is 5.91 Å². The summed E-state index contributed by atoms with van der Waals surface area (Å²) in [5.41, 5.74) is 9.07. The summed E-state index contributed by atoms with van der Waals surface area (Å²) in [6.45, 7) is 0.353. The van der Waals surface area contributed by atoms with E-state index < -0.39 is 0 Å². The molecule has 0 fully saturated rings. The van der Waals surface area contributed by atoms with Crippen molar-refractivity contribution in [3.05, 3.63) is 71.9 Å². The van der Waals surface area contributed by atoms with Gasteiger partial charge in [-0.25, -0.2) is 4.98 Å². The van der Waals surface area contributed by atoms with Gasteiger partial charge in [0.25, 0.3) is 0 Å². The lowest BCUT2D eigenvalue weighted by Gasteiger charge is -2.04. The Balaban J connectivity index is 1.70. The number of carbonyl (C=O) groups excluding carboxylic acids is 1. The number of amides is 1. The molecule has 3 aromatic rings. The summed E-state index contributed by atoms with van der Waals surface area (Å²) in [5, 5.41) is 3.94. The van der Waals surface area contributed by atoms with Gasteiger partial charge in [0.1, 0.15) is 0 Å². The van der Waals surface area contributed by atoms with E-state index in [0.717, 1.165) is 27.8 Å². The lowest BCUT2D eigenvalue weighted by atomic mass is 10.1. The van der Waals surface area contributed by atoms with Gasteiger partial charge in [-0.05, 0) is 35.9 Å². The minimum absolute atomic E-state index is 0.0684. The number of fused-ring (bicyclic) bond motifs is 1. The Bertz CT molecular complexity index is 869. The Morgan fingerprint density at radius 3 is 2.58 bits per heavy atom. The molecule has 0 saturated carbocycles. The van der Waals surface area contributed by atoms with Crippen LogP contribution in [0.25, 0.3) is 23.1 Å². The Kier molecular flexibility index (Phi) is 4.99. The molecule has 24 heavy (non-hydrogen) atoms. The molecule has 0 spiro atoms. The first-order chi connectivity index (χ1) is 11.7. The standard InChI is InChI=1S/C20H19N3O/c21-14-13-20(24)23-18-10-6-15(7-11-18)5-9-17-12-8-16-3-1-2-4-19(16)22-17/h1-12H,13-14,21H2,(H,23,24)/b9-5+. The van der Waals surface area contributed by atoms with E-state index >= 15 is 0 Å².